The average Bonchev–Trinajstić information content (AvgIpc) is 2.65. The van der Waals surface area contributed by atoms with Gasteiger partial charge in [0.15, 0.2) is 0 Å². The van der Waals surface area contributed by atoms with Crippen LogP contribution in [-0.2, 0) is 4.74 Å². The predicted molar refractivity (Wildman–Crippen MR) is 102 cm³/mol. The minimum absolute atomic E-state index is 0.362. The van der Waals surface area contributed by atoms with E-state index in [9.17, 15) is 4.79 Å². The summed E-state index contributed by atoms with van der Waals surface area (Å²) < 4.78 is 4.70. The molecule has 0 radical (unpaired) electrons. The van der Waals surface area contributed by atoms with Gasteiger partial charge in [-0.05, 0) is 55.3 Å². The molecule has 0 aliphatic rings. The first-order valence-corrected chi connectivity index (χ1v) is 8.17. The van der Waals surface area contributed by atoms with Crippen molar-refractivity contribution < 1.29 is 9.53 Å². The number of nitrogens with zero attached hydrogens (tertiary/aromatic N) is 2. The van der Waals surface area contributed by atoms with E-state index in [-0.39, 0.29) is 5.97 Å². The van der Waals surface area contributed by atoms with Crippen LogP contribution in [0.15, 0.2) is 54.9 Å². The molecule has 1 aromatic heterocycles. The summed E-state index contributed by atoms with van der Waals surface area (Å²) in [7, 11) is 1.36. The molecule has 2 N–H and O–H groups in total. The van der Waals surface area contributed by atoms with Gasteiger partial charge < -0.3 is 15.4 Å². The number of hydrogen-bond acceptors (Lipinski definition) is 6. The highest BCUT2D eigenvalue weighted by Crippen LogP contribution is 2.23. The first-order chi connectivity index (χ1) is 12.5. The second kappa shape index (κ2) is 7.65. The van der Waals surface area contributed by atoms with Crippen LogP contribution in [0.1, 0.15) is 21.5 Å². The summed E-state index contributed by atoms with van der Waals surface area (Å²) in [5.74, 6) is 0.986. The van der Waals surface area contributed by atoms with E-state index in [1.807, 2.05) is 13.0 Å². The molecule has 132 valence electrons. The van der Waals surface area contributed by atoms with Crippen LogP contribution in [0.25, 0.3) is 0 Å². The van der Waals surface area contributed by atoms with E-state index in [2.05, 4.69) is 45.7 Å². The Hall–Kier alpha value is -3.41. The van der Waals surface area contributed by atoms with Crippen molar-refractivity contribution in [3.05, 3.63) is 71.5 Å². The van der Waals surface area contributed by atoms with E-state index in [1.165, 1.54) is 19.0 Å². The monoisotopic (exact) mass is 348 g/mol. The van der Waals surface area contributed by atoms with Crippen molar-refractivity contribution in [2.24, 2.45) is 0 Å². The molecule has 0 fully saturated rings. The Morgan fingerprint density at radius 1 is 0.923 bits per heavy atom. The molecule has 2 aromatic carbocycles. The Bertz CT molecular complexity index is 923. The summed E-state index contributed by atoms with van der Waals surface area (Å²) >= 11 is 0. The quantitative estimate of drug-likeness (QED) is 0.667. The zero-order chi connectivity index (χ0) is 18.5. The molecule has 3 rings (SSSR count). The summed E-state index contributed by atoms with van der Waals surface area (Å²) in [5, 5.41) is 6.52. The molecule has 0 atom stereocenters. The van der Waals surface area contributed by atoms with Gasteiger partial charge in [-0.3, -0.25) is 0 Å². The minimum Gasteiger partial charge on any atom is -0.465 e. The maximum atomic E-state index is 11.5. The highest BCUT2D eigenvalue weighted by Gasteiger charge is 2.06. The maximum absolute atomic E-state index is 11.5. The molecule has 6 heteroatoms. The zero-order valence-corrected chi connectivity index (χ0v) is 14.9. The van der Waals surface area contributed by atoms with Gasteiger partial charge in [-0.1, -0.05) is 12.1 Å². The summed E-state index contributed by atoms with van der Waals surface area (Å²) in [6.07, 6.45) is 1.50. The molecular weight excluding hydrogens is 328 g/mol. The van der Waals surface area contributed by atoms with Crippen LogP contribution in [0.5, 0.6) is 0 Å². The summed E-state index contributed by atoms with van der Waals surface area (Å²) in [5.41, 5.74) is 4.64. The first kappa shape index (κ1) is 17.4. The van der Waals surface area contributed by atoms with E-state index in [0.717, 1.165) is 16.9 Å². The zero-order valence-electron chi connectivity index (χ0n) is 14.9. The van der Waals surface area contributed by atoms with Crippen molar-refractivity contribution in [2.75, 3.05) is 17.7 Å². The van der Waals surface area contributed by atoms with Gasteiger partial charge in [-0.2, -0.15) is 0 Å². The number of esters is 1. The maximum Gasteiger partial charge on any atom is 0.337 e. The number of ether oxygens (including phenoxy) is 1. The van der Waals surface area contributed by atoms with Gasteiger partial charge in [0.05, 0.1) is 12.7 Å². The standard InChI is InChI=1S/C20H20N4O2/c1-13-4-5-14(2)17(10-13)24-19-11-18(21-12-22-19)23-16-8-6-15(7-9-16)20(25)26-3/h4-12H,1-3H3,(H2,21,22,23,24). The van der Waals surface area contributed by atoms with Crippen molar-refractivity contribution in [3.63, 3.8) is 0 Å². The van der Waals surface area contributed by atoms with E-state index in [1.54, 1.807) is 24.3 Å². The molecule has 0 aliphatic heterocycles. The van der Waals surface area contributed by atoms with Gasteiger partial charge in [0.25, 0.3) is 0 Å². The SMILES string of the molecule is COC(=O)c1ccc(Nc2cc(Nc3cc(C)ccc3C)ncn2)cc1. The second-order valence-corrected chi connectivity index (χ2v) is 5.93. The number of anilines is 4. The van der Waals surface area contributed by atoms with Gasteiger partial charge in [-0.25, -0.2) is 14.8 Å². The van der Waals surface area contributed by atoms with E-state index >= 15 is 0 Å². The van der Waals surface area contributed by atoms with E-state index < -0.39 is 0 Å². The van der Waals surface area contributed by atoms with Crippen molar-refractivity contribution >= 4 is 29.0 Å². The Balaban J connectivity index is 1.75. The lowest BCUT2D eigenvalue weighted by molar-refractivity contribution is 0.0601. The van der Waals surface area contributed by atoms with Crippen molar-refractivity contribution in [2.45, 2.75) is 13.8 Å². The third kappa shape index (κ3) is 4.16. The minimum atomic E-state index is -0.362. The average molecular weight is 348 g/mol. The van der Waals surface area contributed by atoms with Gasteiger partial charge >= 0.3 is 5.97 Å². The fraction of sp³-hybridized carbons (Fsp3) is 0.150. The third-order valence-electron chi connectivity index (χ3n) is 3.90. The van der Waals surface area contributed by atoms with Crippen LogP contribution >= 0.6 is 0 Å². The largest absolute Gasteiger partial charge is 0.465 e. The third-order valence-corrected chi connectivity index (χ3v) is 3.90. The van der Waals surface area contributed by atoms with Crippen LogP contribution < -0.4 is 10.6 Å². The Morgan fingerprint density at radius 3 is 2.31 bits per heavy atom. The van der Waals surface area contributed by atoms with Crippen molar-refractivity contribution in [1.82, 2.24) is 9.97 Å². The lowest BCUT2D eigenvalue weighted by atomic mass is 10.1. The fourth-order valence-corrected chi connectivity index (χ4v) is 2.46. The summed E-state index contributed by atoms with van der Waals surface area (Å²) in [6, 6.07) is 15.0. The number of nitrogens with one attached hydrogen (secondary N) is 2. The normalized spacial score (nSPS) is 10.3. The molecule has 0 bridgehead atoms. The molecule has 0 saturated carbocycles. The second-order valence-electron chi connectivity index (χ2n) is 5.93. The van der Waals surface area contributed by atoms with Crippen LogP contribution in [0.3, 0.4) is 0 Å². The van der Waals surface area contributed by atoms with Gasteiger partial charge in [-0.15, -0.1) is 0 Å². The molecule has 0 saturated heterocycles. The highest BCUT2D eigenvalue weighted by atomic mass is 16.5. The van der Waals surface area contributed by atoms with Crippen molar-refractivity contribution in [1.29, 1.82) is 0 Å². The Labute approximate surface area is 152 Å². The van der Waals surface area contributed by atoms with Gasteiger partial charge in [0.2, 0.25) is 0 Å². The van der Waals surface area contributed by atoms with Crippen LogP contribution in [0.4, 0.5) is 23.0 Å². The number of hydrogen-bond donors (Lipinski definition) is 2. The molecule has 0 aliphatic carbocycles. The lowest BCUT2D eigenvalue weighted by Crippen LogP contribution is -2.02. The molecule has 3 aromatic rings. The van der Waals surface area contributed by atoms with Crippen LogP contribution in [0.2, 0.25) is 0 Å². The fourth-order valence-electron chi connectivity index (χ4n) is 2.46. The molecule has 0 unspecified atom stereocenters. The van der Waals surface area contributed by atoms with E-state index in [0.29, 0.717) is 17.2 Å². The lowest BCUT2D eigenvalue weighted by Gasteiger charge is -2.11. The van der Waals surface area contributed by atoms with Crippen LogP contribution in [-0.4, -0.2) is 23.0 Å². The number of aryl methyl sites for hydroxylation is 2. The van der Waals surface area contributed by atoms with Crippen LogP contribution in [0, 0.1) is 13.8 Å². The van der Waals surface area contributed by atoms with Gasteiger partial charge in [0.1, 0.15) is 18.0 Å². The van der Waals surface area contributed by atoms with Gasteiger partial charge in [0, 0.05) is 17.4 Å². The number of methoxy groups -OCH3 is 1. The smallest absolute Gasteiger partial charge is 0.337 e. The highest BCUT2D eigenvalue weighted by molar-refractivity contribution is 5.89. The number of rotatable bonds is 5. The summed E-state index contributed by atoms with van der Waals surface area (Å²) in [6.45, 7) is 4.10. The molecular formula is C20H20N4O2. The summed E-state index contributed by atoms with van der Waals surface area (Å²) in [4.78, 5) is 20.0. The molecule has 0 amide bonds. The van der Waals surface area contributed by atoms with Crippen molar-refractivity contribution in [3.8, 4) is 0 Å². The Kier molecular flexibility index (Phi) is 5.12. The molecule has 6 nitrogen and oxygen atoms in total. The first-order valence-electron chi connectivity index (χ1n) is 8.17. The predicted octanol–water partition coefficient (Wildman–Crippen LogP) is 4.37. The number of carbonyl (C=O) groups is 1. The Morgan fingerprint density at radius 2 is 1.62 bits per heavy atom. The number of aromatic nitrogens is 2. The molecule has 1 heterocycles. The molecule has 0 spiro atoms. The molecule has 26 heavy (non-hydrogen) atoms. The number of carbonyl (C=O) groups excluding carboxylic acids is 1. The van der Waals surface area contributed by atoms with E-state index in [4.69, 9.17) is 4.74 Å². The number of benzene rings is 2. The topological polar surface area (TPSA) is 76.1 Å².